The fourth-order valence-electron chi connectivity index (χ4n) is 9.00. The monoisotopic (exact) mass is 864 g/mol. The van der Waals surface area contributed by atoms with E-state index in [0.29, 0.717) is 64.4 Å². The van der Waals surface area contributed by atoms with E-state index in [2.05, 4.69) is 25.6 Å². The average molecular weight is 865 g/mol. The van der Waals surface area contributed by atoms with E-state index < -0.39 is 24.3 Å². The maximum absolute atomic E-state index is 14.0. The first-order valence-corrected chi connectivity index (χ1v) is 21.4. The van der Waals surface area contributed by atoms with Crippen LogP contribution in [0.3, 0.4) is 0 Å². The van der Waals surface area contributed by atoms with Crippen LogP contribution in [0.25, 0.3) is 55.4 Å². The average Bonchev–Trinajstić information content (AvgIpc) is 4.16. The molecule has 7 aromatic rings. The molecule has 64 heavy (non-hydrogen) atoms. The number of carbonyl (C=O) groups excluding carboxylic acids is 4. The van der Waals surface area contributed by atoms with Crippen molar-refractivity contribution in [1.29, 1.82) is 0 Å². The lowest BCUT2D eigenvalue weighted by molar-refractivity contribution is -0.135. The number of aromatic nitrogens is 4. The molecule has 0 radical (unpaired) electrons. The number of imidazole rings is 2. The number of fused-ring (bicyclic) bond motifs is 3. The number of likely N-dealkylation sites (tertiary alicyclic amines) is 2. The molecule has 16 nitrogen and oxygen atoms in total. The second kappa shape index (κ2) is 17.3. The minimum atomic E-state index is -0.931. The molecule has 4 atom stereocenters. The topological polar surface area (TPSA) is 205 Å². The highest BCUT2D eigenvalue weighted by Crippen LogP contribution is 2.36. The first-order valence-electron chi connectivity index (χ1n) is 21.4. The van der Waals surface area contributed by atoms with Crippen molar-refractivity contribution < 1.29 is 33.1 Å². The Labute approximate surface area is 367 Å². The van der Waals surface area contributed by atoms with E-state index in [9.17, 15) is 24.0 Å². The molecule has 0 spiro atoms. The van der Waals surface area contributed by atoms with E-state index in [4.69, 9.17) is 18.9 Å². The summed E-state index contributed by atoms with van der Waals surface area (Å²) in [6, 6.07) is 23.6. The van der Waals surface area contributed by atoms with E-state index in [1.165, 1.54) is 14.2 Å². The summed E-state index contributed by atoms with van der Waals surface area (Å²) in [7, 11) is 2.54. The van der Waals surface area contributed by atoms with Crippen LogP contribution in [-0.2, 0) is 19.1 Å². The summed E-state index contributed by atoms with van der Waals surface area (Å²) in [6.07, 6.45) is 3.34. The van der Waals surface area contributed by atoms with Crippen LogP contribution in [0.4, 0.5) is 9.59 Å². The molecule has 2 aliphatic heterocycles. The van der Waals surface area contributed by atoms with Gasteiger partial charge in [0.1, 0.15) is 34.9 Å². The van der Waals surface area contributed by atoms with Gasteiger partial charge in [0.25, 0.3) is 5.91 Å². The molecule has 16 heteroatoms. The van der Waals surface area contributed by atoms with Crippen LogP contribution < -0.4 is 16.1 Å². The molecule has 0 aliphatic carbocycles. The summed E-state index contributed by atoms with van der Waals surface area (Å²) in [4.78, 5) is 85.9. The van der Waals surface area contributed by atoms with Crippen molar-refractivity contribution in [2.75, 3.05) is 27.3 Å². The van der Waals surface area contributed by atoms with Gasteiger partial charge in [-0.05, 0) is 90.8 Å². The molecular weight excluding hydrogens is 817 g/mol. The maximum atomic E-state index is 14.0. The van der Waals surface area contributed by atoms with Crippen molar-refractivity contribution in [3.63, 3.8) is 0 Å². The van der Waals surface area contributed by atoms with Crippen LogP contribution in [0.2, 0.25) is 0 Å². The highest BCUT2D eigenvalue weighted by molar-refractivity contribution is 5.94. The third-order valence-corrected chi connectivity index (χ3v) is 12.3. The van der Waals surface area contributed by atoms with Gasteiger partial charge < -0.3 is 44.3 Å². The fraction of sp³-hybridized carbons (Fsp3) is 0.312. The summed E-state index contributed by atoms with van der Waals surface area (Å²) >= 11 is 0. The lowest BCUT2D eigenvalue weighted by Gasteiger charge is -2.29. The summed E-state index contributed by atoms with van der Waals surface area (Å²) in [6.45, 7) is 4.82. The van der Waals surface area contributed by atoms with Gasteiger partial charge in [-0.1, -0.05) is 56.3 Å². The van der Waals surface area contributed by atoms with Crippen LogP contribution in [-0.4, -0.2) is 87.1 Å². The fourth-order valence-corrected chi connectivity index (χ4v) is 9.00. The first-order chi connectivity index (χ1) is 31.0. The number of hydrogen-bond acceptors (Lipinski definition) is 10. The molecule has 9 rings (SSSR count). The SMILES string of the molecule is COC(=O)NC(C(=O)N1CCCC1c1ncc(-c2ccc3oc4cc(-c5ccc6nc(C7CCCN7C(=O)C(NC(=O)OC)C(C)C)[nH]c6c5)ccc4c(=O)c3c2)[nH]1)c1ccccc1. The molecule has 4 unspecified atom stereocenters. The van der Waals surface area contributed by atoms with Gasteiger partial charge in [0.15, 0.2) is 0 Å². The van der Waals surface area contributed by atoms with Crippen LogP contribution >= 0.6 is 0 Å². The molecular formula is C48H48N8O8. The Bertz CT molecular complexity index is 2980. The van der Waals surface area contributed by atoms with E-state index in [1.807, 2.05) is 68.4 Å². The van der Waals surface area contributed by atoms with Crippen molar-refractivity contribution in [2.45, 2.75) is 63.7 Å². The number of hydrogen-bond donors (Lipinski definition) is 4. The maximum Gasteiger partial charge on any atom is 0.407 e. The predicted octanol–water partition coefficient (Wildman–Crippen LogP) is 7.68. The van der Waals surface area contributed by atoms with E-state index >= 15 is 0 Å². The number of amides is 4. The zero-order valence-corrected chi connectivity index (χ0v) is 35.8. The number of aromatic amines is 2. The molecule has 0 saturated carbocycles. The van der Waals surface area contributed by atoms with Gasteiger partial charge in [0.05, 0.1) is 60.0 Å². The van der Waals surface area contributed by atoms with Gasteiger partial charge >= 0.3 is 12.2 Å². The molecule has 328 valence electrons. The molecule has 2 saturated heterocycles. The Morgan fingerprint density at radius 1 is 0.734 bits per heavy atom. The number of ether oxygens (including phenoxy) is 2. The summed E-state index contributed by atoms with van der Waals surface area (Å²) < 4.78 is 16.0. The molecule has 4 amide bonds. The molecule has 2 aliphatic rings. The van der Waals surface area contributed by atoms with Crippen LogP contribution in [0, 0.1) is 5.92 Å². The minimum absolute atomic E-state index is 0.140. The summed E-state index contributed by atoms with van der Waals surface area (Å²) in [5, 5.41) is 6.23. The number of benzene rings is 4. The second-order valence-corrected chi connectivity index (χ2v) is 16.6. The van der Waals surface area contributed by atoms with Gasteiger partial charge in [-0.25, -0.2) is 19.6 Å². The molecule has 3 aromatic heterocycles. The van der Waals surface area contributed by atoms with Gasteiger partial charge in [-0.2, -0.15) is 0 Å². The highest BCUT2D eigenvalue weighted by atomic mass is 16.5. The molecule has 2 fully saturated rings. The lowest BCUT2D eigenvalue weighted by atomic mass is 10.0. The van der Waals surface area contributed by atoms with Crippen molar-refractivity contribution in [2.24, 2.45) is 5.92 Å². The van der Waals surface area contributed by atoms with Crippen LogP contribution in [0.15, 0.2) is 100 Å². The number of alkyl carbamates (subject to hydrolysis) is 2. The Hall–Kier alpha value is -7.49. The zero-order valence-electron chi connectivity index (χ0n) is 35.8. The number of methoxy groups -OCH3 is 2. The van der Waals surface area contributed by atoms with Crippen molar-refractivity contribution >= 4 is 57.0 Å². The Morgan fingerprint density at radius 3 is 2.14 bits per heavy atom. The standard InChI is InChI=1S/C48H48N8O8/c1-26(2)40(53-47(60)62-3)45(58)56-21-9-13-37(56)44-50-33-18-15-28(23-34(33)51-44)29-14-17-31-39(24-29)64-38-19-16-30(22-32(38)42(31)57)35-25-49-43(52-35)36-12-8-20-55(36)46(59)41(54-48(61)63-4)27-10-6-5-7-11-27/h5-7,10-11,14-19,22-26,36-37,40-41H,8-9,12-13,20-21H2,1-4H3,(H,49,52)(H,50,51)(H,53,60)(H,54,61). The van der Waals surface area contributed by atoms with Gasteiger partial charge in [-0.15, -0.1) is 0 Å². The number of nitrogens with one attached hydrogen (secondary N) is 4. The van der Waals surface area contributed by atoms with Crippen molar-refractivity contribution in [3.05, 3.63) is 119 Å². The van der Waals surface area contributed by atoms with E-state index in [-0.39, 0.29) is 35.2 Å². The Morgan fingerprint density at radius 2 is 1.41 bits per heavy atom. The number of carbonyl (C=O) groups is 4. The molecule has 4 aromatic carbocycles. The lowest BCUT2D eigenvalue weighted by Crippen LogP contribution is -2.51. The third-order valence-electron chi connectivity index (χ3n) is 12.3. The van der Waals surface area contributed by atoms with E-state index in [1.54, 1.807) is 46.3 Å². The van der Waals surface area contributed by atoms with Crippen LogP contribution in [0.5, 0.6) is 0 Å². The highest BCUT2D eigenvalue weighted by Gasteiger charge is 2.39. The van der Waals surface area contributed by atoms with Gasteiger partial charge in [-0.3, -0.25) is 14.4 Å². The van der Waals surface area contributed by atoms with E-state index in [0.717, 1.165) is 47.0 Å². The minimum Gasteiger partial charge on any atom is -0.456 e. The zero-order chi connectivity index (χ0) is 44.6. The smallest absolute Gasteiger partial charge is 0.407 e. The molecule has 4 N–H and O–H groups in total. The quantitative estimate of drug-likeness (QED) is 0.0987. The largest absolute Gasteiger partial charge is 0.456 e. The Balaban J connectivity index is 0.946. The van der Waals surface area contributed by atoms with Crippen molar-refractivity contribution in [1.82, 2.24) is 40.4 Å². The van der Waals surface area contributed by atoms with Crippen LogP contribution in [0.1, 0.15) is 74.9 Å². The Kier molecular flexibility index (Phi) is 11.3. The third kappa shape index (κ3) is 7.91. The van der Waals surface area contributed by atoms with Gasteiger partial charge in [0.2, 0.25) is 11.3 Å². The first kappa shape index (κ1) is 41.8. The van der Waals surface area contributed by atoms with Gasteiger partial charge in [0, 0.05) is 18.7 Å². The number of H-pyrrole nitrogens is 2. The number of nitrogens with zero attached hydrogens (tertiary/aromatic N) is 4. The van der Waals surface area contributed by atoms with Crippen molar-refractivity contribution in [3.8, 4) is 22.4 Å². The second-order valence-electron chi connectivity index (χ2n) is 16.6. The summed E-state index contributed by atoms with van der Waals surface area (Å²) in [5.41, 5.74) is 6.04. The molecule has 5 heterocycles. The molecule has 0 bridgehead atoms. The summed E-state index contributed by atoms with van der Waals surface area (Å²) in [5.74, 6) is 0.707. The normalized spacial score (nSPS) is 17.3. The number of rotatable bonds is 10. The predicted molar refractivity (Wildman–Crippen MR) is 239 cm³/mol.